The van der Waals surface area contributed by atoms with E-state index < -0.39 is 0 Å². The number of hydrogen-bond acceptors (Lipinski definition) is 5. The van der Waals surface area contributed by atoms with Gasteiger partial charge in [-0.2, -0.15) is 0 Å². The van der Waals surface area contributed by atoms with Gasteiger partial charge in [0.15, 0.2) is 0 Å². The molecule has 118 valence electrons. The first kappa shape index (κ1) is 15.0. The van der Waals surface area contributed by atoms with Crippen LogP contribution in [0, 0.1) is 6.92 Å². The number of aryl methyl sites for hydroxylation is 1. The summed E-state index contributed by atoms with van der Waals surface area (Å²) in [5.41, 5.74) is 2.73. The van der Waals surface area contributed by atoms with Gasteiger partial charge >= 0.3 is 0 Å². The number of aromatic nitrogens is 2. The van der Waals surface area contributed by atoms with Crippen molar-refractivity contribution in [3.8, 4) is 0 Å². The third-order valence-corrected chi connectivity index (χ3v) is 4.32. The summed E-state index contributed by atoms with van der Waals surface area (Å²) in [6.45, 7) is 4.50. The number of likely N-dealkylation sites (N-methyl/N-ethyl adjacent to an activating group) is 1. The fourth-order valence-electron chi connectivity index (χ4n) is 2.40. The molecule has 1 aliphatic rings. The molecular weight excluding hydrogens is 280 g/mol. The highest BCUT2D eigenvalue weighted by molar-refractivity contribution is 6.06. The first-order chi connectivity index (χ1) is 10.5. The molecule has 6 heteroatoms. The quantitative estimate of drug-likeness (QED) is 0.915. The van der Waals surface area contributed by atoms with E-state index in [2.05, 4.69) is 27.3 Å². The molecule has 2 aromatic rings. The van der Waals surface area contributed by atoms with Crippen LogP contribution < -0.4 is 5.32 Å². The minimum atomic E-state index is -0.0886. The number of pyridine rings is 1. The molecule has 1 N–H and O–H groups in total. The van der Waals surface area contributed by atoms with E-state index in [-0.39, 0.29) is 11.9 Å². The molecule has 0 bridgehead atoms. The second-order valence-electron chi connectivity index (χ2n) is 6.34. The van der Waals surface area contributed by atoms with Crippen LogP contribution in [0.2, 0.25) is 0 Å². The minimum absolute atomic E-state index is 0.0886. The van der Waals surface area contributed by atoms with E-state index in [1.807, 2.05) is 27.1 Å². The summed E-state index contributed by atoms with van der Waals surface area (Å²) >= 11 is 0. The van der Waals surface area contributed by atoms with Gasteiger partial charge in [0.1, 0.15) is 0 Å². The van der Waals surface area contributed by atoms with Crippen molar-refractivity contribution in [2.45, 2.75) is 38.6 Å². The van der Waals surface area contributed by atoms with Crippen molar-refractivity contribution < 1.29 is 9.32 Å². The van der Waals surface area contributed by atoms with Gasteiger partial charge in [-0.25, -0.2) is 4.98 Å². The molecule has 2 heterocycles. The van der Waals surface area contributed by atoms with Gasteiger partial charge in [0, 0.05) is 24.2 Å². The predicted octanol–water partition coefficient (Wildman–Crippen LogP) is 2.09. The smallest absolute Gasteiger partial charge is 0.259 e. The van der Waals surface area contributed by atoms with Crippen molar-refractivity contribution in [1.29, 1.82) is 0 Å². The maximum atomic E-state index is 12.6. The van der Waals surface area contributed by atoms with E-state index in [1.165, 1.54) is 0 Å². The molecule has 22 heavy (non-hydrogen) atoms. The Morgan fingerprint density at radius 2 is 2.23 bits per heavy atom. The number of fused-ring (bicyclic) bond motifs is 1. The lowest BCUT2D eigenvalue weighted by atomic mass is 10.1. The van der Waals surface area contributed by atoms with E-state index in [0.717, 1.165) is 23.9 Å². The Kier molecular flexibility index (Phi) is 3.87. The van der Waals surface area contributed by atoms with E-state index in [1.54, 1.807) is 0 Å². The average Bonchev–Trinajstić information content (AvgIpc) is 3.28. The van der Waals surface area contributed by atoms with Gasteiger partial charge in [-0.15, -0.1) is 0 Å². The maximum absolute atomic E-state index is 12.6. The molecule has 2 aromatic heterocycles. The molecule has 3 rings (SSSR count). The fourth-order valence-corrected chi connectivity index (χ4v) is 2.40. The van der Waals surface area contributed by atoms with Crippen molar-refractivity contribution >= 4 is 17.0 Å². The third-order valence-electron chi connectivity index (χ3n) is 4.32. The number of carbonyl (C=O) groups excluding carboxylic acids is 1. The topological polar surface area (TPSA) is 71.3 Å². The molecule has 6 nitrogen and oxygen atoms in total. The van der Waals surface area contributed by atoms with Crippen LogP contribution in [0.25, 0.3) is 11.1 Å². The highest BCUT2D eigenvalue weighted by Crippen LogP contribution is 2.40. The number of nitrogens with one attached hydrogen (secondary N) is 1. The van der Waals surface area contributed by atoms with Gasteiger partial charge in [-0.3, -0.25) is 4.79 Å². The van der Waals surface area contributed by atoms with Gasteiger partial charge in [-0.05, 0) is 46.9 Å². The van der Waals surface area contributed by atoms with Gasteiger partial charge < -0.3 is 14.7 Å². The van der Waals surface area contributed by atoms with Crippen LogP contribution in [0.15, 0.2) is 10.6 Å². The monoisotopic (exact) mass is 302 g/mol. The predicted molar refractivity (Wildman–Crippen MR) is 84.0 cm³/mol. The Hall–Kier alpha value is -1.95. The Morgan fingerprint density at radius 1 is 1.50 bits per heavy atom. The van der Waals surface area contributed by atoms with E-state index >= 15 is 0 Å². The SMILES string of the molecule is Cc1noc2nc(C3CC3)cc(C(=O)NCC(C)N(C)C)c12. The summed E-state index contributed by atoms with van der Waals surface area (Å²) in [5, 5.41) is 7.68. The molecule has 0 saturated heterocycles. The molecule has 1 aliphatic carbocycles. The number of carbonyl (C=O) groups is 1. The number of rotatable bonds is 5. The molecule has 0 aromatic carbocycles. The molecule has 1 unspecified atom stereocenters. The first-order valence-corrected chi connectivity index (χ1v) is 7.69. The van der Waals surface area contributed by atoms with Crippen LogP contribution in [0.4, 0.5) is 0 Å². The van der Waals surface area contributed by atoms with Crippen LogP contribution in [-0.4, -0.2) is 47.6 Å². The molecule has 1 fully saturated rings. The number of hydrogen-bond donors (Lipinski definition) is 1. The highest BCUT2D eigenvalue weighted by Gasteiger charge is 2.28. The minimum Gasteiger partial charge on any atom is -0.350 e. The van der Waals surface area contributed by atoms with E-state index in [9.17, 15) is 4.79 Å². The van der Waals surface area contributed by atoms with Crippen molar-refractivity contribution in [2.75, 3.05) is 20.6 Å². The number of nitrogens with zero attached hydrogens (tertiary/aromatic N) is 3. The second kappa shape index (κ2) is 5.68. The van der Waals surface area contributed by atoms with Crippen LogP contribution >= 0.6 is 0 Å². The van der Waals surface area contributed by atoms with Gasteiger partial charge in [0.05, 0.1) is 16.6 Å². The van der Waals surface area contributed by atoms with E-state index in [4.69, 9.17) is 4.52 Å². The maximum Gasteiger partial charge on any atom is 0.259 e. The summed E-state index contributed by atoms with van der Waals surface area (Å²) < 4.78 is 5.27. The summed E-state index contributed by atoms with van der Waals surface area (Å²) in [7, 11) is 3.99. The molecule has 1 atom stereocenters. The highest BCUT2D eigenvalue weighted by atomic mass is 16.5. The lowest BCUT2D eigenvalue weighted by Gasteiger charge is -2.20. The normalized spacial score (nSPS) is 16.2. The van der Waals surface area contributed by atoms with Gasteiger partial charge in [0.25, 0.3) is 11.6 Å². The second-order valence-corrected chi connectivity index (χ2v) is 6.34. The van der Waals surface area contributed by atoms with Crippen LogP contribution in [0.3, 0.4) is 0 Å². The molecular formula is C16H22N4O2. The average molecular weight is 302 g/mol. The van der Waals surface area contributed by atoms with E-state index in [0.29, 0.717) is 29.4 Å². The Morgan fingerprint density at radius 3 is 2.86 bits per heavy atom. The van der Waals surface area contributed by atoms with Crippen molar-refractivity contribution in [3.05, 3.63) is 23.0 Å². The van der Waals surface area contributed by atoms with Crippen LogP contribution in [0.5, 0.6) is 0 Å². The van der Waals surface area contributed by atoms with Gasteiger partial charge in [0.2, 0.25) is 0 Å². The van der Waals surface area contributed by atoms with Crippen molar-refractivity contribution in [2.24, 2.45) is 0 Å². The Labute approximate surface area is 129 Å². The first-order valence-electron chi connectivity index (χ1n) is 7.69. The zero-order chi connectivity index (χ0) is 15.9. The summed E-state index contributed by atoms with van der Waals surface area (Å²) in [4.78, 5) is 19.2. The van der Waals surface area contributed by atoms with Gasteiger partial charge in [-0.1, -0.05) is 5.16 Å². The fraction of sp³-hybridized carbons (Fsp3) is 0.562. The molecule has 0 spiro atoms. The Bertz CT molecular complexity index is 703. The molecule has 1 amide bonds. The standard InChI is InChI=1S/C16H22N4O2/c1-9(20(3)4)8-17-15(21)12-7-13(11-5-6-11)18-16-14(12)10(2)19-22-16/h7,9,11H,5-6,8H2,1-4H3,(H,17,21). The molecule has 0 radical (unpaired) electrons. The zero-order valence-electron chi connectivity index (χ0n) is 13.5. The van der Waals surface area contributed by atoms with Crippen LogP contribution in [0.1, 0.15) is 47.4 Å². The number of amides is 1. The molecule has 1 saturated carbocycles. The lowest BCUT2D eigenvalue weighted by molar-refractivity contribution is 0.0945. The Balaban J connectivity index is 1.90. The molecule has 0 aliphatic heterocycles. The summed E-state index contributed by atoms with van der Waals surface area (Å²) in [6.07, 6.45) is 2.26. The summed E-state index contributed by atoms with van der Waals surface area (Å²) in [6, 6.07) is 2.17. The largest absolute Gasteiger partial charge is 0.350 e. The summed E-state index contributed by atoms with van der Waals surface area (Å²) in [5.74, 6) is 0.372. The third kappa shape index (κ3) is 2.83. The van der Waals surface area contributed by atoms with Crippen molar-refractivity contribution in [1.82, 2.24) is 20.4 Å². The lowest BCUT2D eigenvalue weighted by Crippen LogP contribution is -2.38. The zero-order valence-corrected chi connectivity index (χ0v) is 13.5. The van der Waals surface area contributed by atoms with Crippen LogP contribution in [-0.2, 0) is 0 Å². The van der Waals surface area contributed by atoms with Crippen molar-refractivity contribution in [3.63, 3.8) is 0 Å².